The number of hydrogen-bond donors (Lipinski definition) is 1. The summed E-state index contributed by atoms with van der Waals surface area (Å²) in [6.07, 6.45) is 3.59. The van der Waals surface area contributed by atoms with Gasteiger partial charge in [0.1, 0.15) is 6.54 Å². The molecule has 0 fully saturated rings. The van der Waals surface area contributed by atoms with E-state index in [4.69, 9.17) is 33.7 Å². The molecule has 0 amide bonds. The van der Waals surface area contributed by atoms with Crippen LogP contribution in [-0.2, 0) is 9.53 Å². The van der Waals surface area contributed by atoms with E-state index in [0.717, 1.165) is 0 Å². The van der Waals surface area contributed by atoms with Crippen LogP contribution in [0.2, 0.25) is 0 Å². The molecule has 112 valence electrons. The number of carbonyl (C=O) groups is 1. The van der Waals surface area contributed by atoms with Crippen LogP contribution in [0.15, 0.2) is 27.2 Å². The highest BCUT2D eigenvalue weighted by atomic mass is 79.9. The minimum atomic E-state index is -0.336. The van der Waals surface area contributed by atoms with Gasteiger partial charge in [-0.1, -0.05) is 29.3 Å². The van der Waals surface area contributed by atoms with Crippen molar-refractivity contribution in [2.45, 2.75) is 13.0 Å². The van der Waals surface area contributed by atoms with Crippen LogP contribution >= 0.6 is 40.2 Å². The Hall–Kier alpha value is -0.720. The molecule has 0 aromatic rings. The number of aliphatic imine (C=N–C) groups is 1. The Bertz CT molecular complexity index is 479. The smallest absolute Gasteiger partial charge is 0.325 e. The van der Waals surface area contributed by atoms with Crippen LogP contribution < -0.4 is 5.73 Å². The normalized spacial score (nSPS) is 24.8. The minimum absolute atomic E-state index is 0. The van der Waals surface area contributed by atoms with Gasteiger partial charge in [0.2, 0.25) is 0 Å². The summed E-state index contributed by atoms with van der Waals surface area (Å²) in [7, 11) is 0. The Morgan fingerprint density at radius 2 is 2.30 bits per heavy atom. The van der Waals surface area contributed by atoms with Gasteiger partial charge in [-0.2, -0.15) is 0 Å². The number of fused-ring (bicyclic) bond motifs is 1. The summed E-state index contributed by atoms with van der Waals surface area (Å²) in [5, 5.41) is 1.06. The molecule has 0 saturated heterocycles. The monoisotopic (exact) mass is 383 g/mol. The molecular weight excluding hydrogens is 369 g/mol. The highest BCUT2D eigenvalue weighted by Gasteiger charge is 2.34. The van der Waals surface area contributed by atoms with Crippen LogP contribution in [-0.4, -0.2) is 42.6 Å². The maximum absolute atomic E-state index is 11.5. The number of hydrogen-bond acceptors (Lipinski definition) is 5. The Morgan fingerprint density at radius 3 is 2.95 bits per heavy atom. The highest BCUT2D eigenvalue weighted by Crippen LogP contribution is 2.34. The molecule has 20 heavy (non-hydrogen) atoms. The lowest BCUT2D eigenvalue weighted by Gasteiger charge is -2.36. The summed E-state index contributed by atoms with van der Waals surface area (Å²) < 4.78 is 4.90. The van der Waals surface area contributed by atoms with Crippen LogP contribution in [0, 0.1) is 5.92 Å². The first-order valence-electron chi connectivity index (χ1n) is 6.00. The lowest BCUT2D eigenvalue weighted by Crippen LogP contribution is -2.50. The zero-order valence-electron chi connectivity index (χ0n) is 10.9. The van der Waals surface area contributed by atoms with E-state index in [1.54, 1.807) is 17.9 Å². The van der Waals surface area contributed by atoms with Crippen LogP contribution in [0.25, 0.3) is 0 Å². The lowest BCUT2D eigenvalue weighted by molar-refractivity contribution is -0.143. The third-order valence-electron chi connectivity index (χ3n) is 3.05. The van der Waals surface area contributed by atoms with Gasteiger partial charge < -0.3 is 15.4 Å². The number of guanidine groups is 1. The van der Waals surface area contributed by atoms with Gasteiger partial charge in [0.15, 0.2) is 5.96 Å². The summed E-state index contributed by atoms with van der Waals surface area (Å²) >= 11 is 12.2. The Labute approximate surface area is 138 Å². The van der Waals surface area contributed by atoms with Crippen molar-refractivity contribution in [3.8, 4) is 0 Å². The number of nitrogens with two attached hydrogens (primary N) is 1. The Balaban J connectivity index is 0.00000200. The first kappa shape index (κ1) is 17.3. The molecule has 0 radical (unpaired) electrons. The van der Waals surface area contributed by atoms with Gasteiger partial charge in [-0.25, -0.2) is 4.99 Å². The first-order chi connectivity index (χ1) is 9.02. The van der Waals surface area contributed by atoms with Gasteiger partial charge in [-0.3, -0.25) is 4.79 Å². The van der Waals surface area contributed by atoms with E-state index in [9.17, 15) is 4.79 Å². The Kier molecular flexibility index (Phi) is 6.36. The molecule has 2 unspecified atom stereocenters. The molecule has 5 nitrogen and oxygen atoms in total. The number of carbonyl (C=O) groups excluding carboxylic acids is 1. The van der Waals surface area contributed by atoms with Gasteiger partial charge in [-0.05, 0) is 13.0 Å². The molecule has 2 atom stereocenters. The standard InChI is InChI=1S/C12H15Cl2N3O2.BrH/c1-2-19-10(18)6-17-5-7-9(16-12(17)15)4-3-8(13)11(7)14;/h3-4,7,9H,2,5-6H2,1H3,(H2,15,16);1H. The zero-order chi connectivity index (χ0) is 14.0. The molecule has 2 rings (SSSR count). The number of halogens is 3. The summed E-state index contributed by atoms with van der Waals surface area (Å²) in [6, 6.07) is -0.117. The number of allylic oxidation sites excluding steroid dienone is 2. The number of ether oxygens (including phenoxy) is 1. The molecule has 1 aliphatic heterocycles. The van der Waals surface area contributed by atoms with Crippen LogP contribution in [0.4, 0.5) is 0 Å². The van der Waals surface area contributed by atoms with Crippen molar-refractivity contribution >= 4 is 52.1 Å². The second-order valence-corrected chi connectivity index (χ2v) is 5.14. The van der Waals surface area contributed by atoms with E-state index in [0.29, 0.717) is 29.2 Å². The Morgan fingerprint density at radius 1 is 1.60 bits per heavy atom. The molecule has 0 saturated carbocycles. The van der Waals surface area contributed by atoms with Gasteiger partial charge in [0.05, 0.1) is 17.7 Å². The molecule has 0 bridgehead atoms. The second kappa shape index (κ2) is 7.33. The van der Waals surface area contributed by atoms with Crippen molar-refractivity contribution in [2.75, 3.05) is 19.7 Å². The summed E-state index contributed by atoms with van der Waals surface area (Å²) in [5.74, 6) is -0.0843. The number of nitrogens with zero attached hydrogens (tertiary/aromatic N) is 2. The molecule has 1 heterocycles. The van der Waals surface area contributed by atoms with Gasteiger partial charge in [0, 0.05) is 17.5 Å². The first-order valence-corrected chi connectivity index (χ1v) is 6.75. The summed E-state index contributed by atoms with van der Waals surface area (Å²) in [5.41, 5.74) is 5.85. The van der Waals surface area contributed by atoms with E-state index >= 15 is 0 Å². The van der Waals surface area contributed by atoms with Gasteiger partial charge >= 0.3 is 5.97 Å². The van der Waals surface area contributed by atoms with E-state index in [-0.39, 0.29) is 41.5 Å². The fraction of sp³-hybridized carbons (Fsp3) is 0.500. The van der Waals surface area contributed by atoms with E-state index < -0.39 is 0 Å². The summed E-state index contributed by atoms with van der Waals surface area (Å²) in [4.78, 5) is 17.5. The van der Waals surface area contributed by atoms with Crippen LogP contribution in [0.3, 0.4) is 0 Å². The fourth-order valence-corrected chi connectivity index (χ4v) is 2.59. The van der Waals surface area contributed by atoms with Crippen molar-refractivity contribution in [2.24, 2.45) is 16.6 Å². The molecule has 2 N–H and O–H groups in total. The molecular formula is C12H16BrCl2N3O2. The van der Waals surface area contributed by atoms with Gasteiger partial charge in [0.25, 0.3) is 0 Å². The molecule has 0 aromatic carbocycles. The topological polar surface area (TPSA) is 67.9 Å². The number of esters is 1. The predicted octanol–water partition coefficient (Wildman–Crippen LogP) is 2.00. The maximum atomic E-state index is 11.5. The van der Waals surface area contributed by atoms with Gasteiger partial charge in [-0.15, -0.1) is 17.0 Å². The average Bonchev–Trinajstić information content (AvgIpc) is 2.36. The number of rotatable bonds is 3. The average molecular weight is 385 g/mol. The van der Waals surface area contributed by atoms with E-state index in [2.05, 4.69) is 4.99 Å². The molecule has 2 aliphatic rings. The molecule has 0 aromatic heterocycles. The maximum Gasteiger partial charge on any atom is 0.325 e. The van der Waals surface area contributed by atoms with E-state index in [1.807, 2.05) is 6.08 Å². The minimum Gasteiger partial charge on any atom is -0.465 e. The molecule has 0 spiro atoms. The third-order valence-corrected chi connectivity index (χ3v) is 3.96. The quantitative estimate of drug-likeness (QED) is 0.755. The third kappa shape index (κ3) is 3.68. The predicted molar refractivity (Wildman–Crippen MR) is 85.3 cm³/mol. The van der Waals surface area contributed by atoms with Crippen molar-refractivity contribution in [3.05, 3.63) is 22.2 Å². The van der Waals surface area contributed by atoms with Crippen molar-refractivity contribution in [3.63, 3.8) is 0 Å². The highest BCUT2D eigenvalue weighted by molar-refractivity contribution is 8.93. The SMILES string of the molecule is Br.CCOC(=O)CN1CC2C(Cl)=C(Cl)C=CC2N=C1N. The summed E-state index contributed by atoms with van der Waals surface area (Å²) in [6.45, 7) is 2.66. The van der Waals surface area contributed by atoms with Crippen molar-refractivity contribution < 1.29 is 9.53 Å². The lowest BCUT2D eigenvalue weighted by atomic mass is 9.93. The van der Waals surface area contributed by atoms with Crippen LogP contribution in [0.5, 0.6) is 0 Å². The van der Waals surface area contributed by atoms with Crippen molar-refractivity contribution in [1.29, 1.82) is 0 Å². The largest absolute Gasteiger partial charge is 0.465 e. The fourth-order valence-electron chi connectivity index (χ4n) is 2.12. The van der Waals surface area contributed by atoms with Crippen molar-refractivity contribution in [1.82, 2.24) is 4.90 Å². The van der Waals surface area contributed by atoms with E-state index in [1.165, 1.54) is 0 Å². The zero-order valence-corrected chi connectivity index (χ0v) is 14.1. The molecule has 1 aliphatic carbocycles. The second-order valence-electron chi connectivity index (χ2n) is 4.32. The van der Waals surface area contributed by atoms with Crippen LogP contribution in [0.1, 0.15) is 6.92 Å². The molecule has 8 heteroatoms.